The monoisotopic (exact) mass is 494 g/mol. The van der Waals surface area contributed by atoms with Crippen molar-refractivity contribution < 1.29 is 14.3 Å². The van der Waals surface area contributed by atoms with E-state index in [1.165, 1.54) is 7.11 Å². The molecule has 2 aromatic heterocycles. The zero-order chi connectivity index (χ0) is 25.9. The third-order valence-electron chi connectivity index (χ3n) is 6.43. The lowest BCUT2D eigenvalue weighted by atomic mass is 10.0. The minimum Gasteiger partial charge on any atom is -0.437 e. The van der Waals surface area contributed by atoms with Crippen molar-refractivity contribution in [1.29, 1.82) is 0 Å². The van der Waals surface area contributed by atoms with Gasteiger partial charge >= 0.3 is 6.16 Å². The van der Waals surface area contributed by atoms with Crippen molar-refractivity contribution in [3.63, 3.8) is 0 Å². The molecule has 0 amide bonds. The maximum atomic E-state index is 11.7. The minimum absolute atomic E-state index is 0.462. The third kappa shape index (κ3) is 4.98. The van der Waals surface area contributed by atoms with Crippen molar-refractivity contribution in [3.05, 3.63) is 89.5 Å². The first kappa shape index (κ1) is 24.3. The number of para-hydroxylation sites is 1. The smallest absolute Gasteiger partial charge is 0.437 e. The summed E-state index contributed by atoms with van der Waals surface area (Å²) in [6.07, 6.45) is 3.10. The molecule has 0 aliphatic heterocycles. The second-order valence-corrected chi connectivity index (χ2v) is 9.16. The number of imidazole rings is 2. The average molecular weight is 495 g/mol. The molecule has 0 saturated carbocycles. The Morgan fingerprint density at radius 3 is 2.49 bits per heavy atom. The molecule has 0 radical (unpaired) electrons. The molecular formula is C30H30N4O3. The van der Waals surface area contributed by atoms with Crippen LogP contribution in [0.5, 0.6) is 5.75 Å². The summed E-state index contributed by atoms with van der Waals surface area (Å²) in [4.78, 5) is 24.6. The van der Waals surface area contributed by atoms with Crippen LogP contribution in [0.1, 0.15) is 36.0 Å². The zero-order valence-electron chi connectivity index (χ0n) is 21.5. The summed E-state index contributed by atoms with van der Waals surface area (Å²) in [7, 11) is 1.30. The number of nitrogens with zero attached hydrogens (tertiary/aromatic N) is 3. The van der Waals surface area contributed by atoms with Gasteiger partial charge < -0.3 is 19.0 Å². The Morgan fingerprint density at radius 1 is 1.00 bits per heavy atom. The Labute approximate surface area is 216 Å². The average Bonchev–Trinajstić information content (AvgIpc) is 3.49. The molecular weight excluding hydrogens is 464 g/mol. The molecule has 0 fully saturated rings. The molecule has 0 saturated heterocycles. The maximum absolute atomic E-state index is 11.7. The molecule has 0 aliphatic carbocycles. The standard InChI is InChI=1S/C30H30N4O3/c1-5-8-27-33-28-19(2)15-23(29-31-17-20(3)32-29)16-25(28)34(27)18-21-11-13-22(14-12-21)24-9-6-7-10-26(24)37-30(35)36-4/h6-7,9-17H,5,8,18H2,1-4H3,(H,31,32). The van der Waals surface area contributed by atoms with E-state index in [2.05, 4.69) is 69.5 Å². The summed E-state index contributed by atoms with van der Waals surface area (Å²) in [5, 5.41) is 0. The van der Waals surface area contributed by atoms with E-state index in [9.17, 15) is 4.79 Å². The first-order valence-electron chi connectivity index (χ1n) is 12.4. The van der Waals surface area contributed by atoms with Gasteiger partial charge in [-0.15, -0.1) is 0 Å². The number of nitrogens with one attached hydrogen (secondary N) is 1. The van der Waals surface area contributed by atoms with Gasteiger partial charge in [-0.1, -0.05) is 49.4 Å². The third-order valence-corrected chi connectivity index (χ3v) is 6.43. The Bertz CT molecular complexity index is 1560. The Kier molecular flexibility index (Phi) is 6.77. The zero-order valence-corrected chi connectivity index (χ0v) is 21.5. The number of aromatic amines is 1. The molecule has 0 aliphatic rings. The van der Waals surface area contributed by atoms with Gasteiger partial charge in [-0.2, -0.15) is 0 Å². The number of fused-ring (bicyclic) bond motifs is 1. The topological polar surface area (TPSA) is 82.0 Å². The van der Waals surface area contributed by atoms with Gasteiger partial charge in [-0.3, -0.25) is 0 Å². The van der Waals surface area contributed by atoms with Crippen LogP contribution in [0.15, 0.2) is 66.9 Å². The quantitative estimate of drug-likeness (QED) is 0.197. The second kappa shape index (κ2) is 10.3. The van der Waals surface area contributed by atoms with Gasteiger partial charge in [0.2, 0.25) is 0 Å². The second-order valence-electron chi connectivity index (χ2n) is 9.16. The van der Waals surface area contributed by atoms with Gasteiger partial charge in [0.15, 0.2) is 0 Å². The van der Waals surface area contributed by atoms with Crippen molar-refractivity contribution in [1.82, 2.24) is 19.5 Å². The highest BCUT2D eigenvalue weighted by Crippen LogP contribution is 2.31. The van der Waals surface area contributed by atoms with Crippen LogP contribution in [0.2, 0.25) is 0 Å². The Hall–Kier alpha value is -4.39. The fraction of sp³-hybridized carbons (Fsp3) is 0.233. The molecule has 3 aromatic carbocycles. The summed E-state index contributed by atoms with van der Waals surface area (Å²) in [6.45, 7) is 6.97. The fourth-order valence-electron chi connectivity index (χ4n) is 4.63. The van der Waals surface area contributed by atoms with Gasteiger partial charge in [0.1, 0.15) is 17.4 Å². The maximum Gasteiger partial charge on any atom is 0.513 e. The van der Waals surface area contributed by atoms with Crippen molar-refractivity contribution in [2.45, 2.75) is 40.2 Å². The first-order chi connectivity index (χ1) is 18.0. The van der Waals surface area contributed by atoms with E-state index in [-0.39, 0.29) is 0 Å². The highest BCUT2D eigenvalue weighted by atomic mass is 16.7. The molecule has 0 bridgehead atoms. The highest BCUT2D eigenvalue weighted by molar-refractivity contribution is 5.85. The normalized spacial score (nSPS) is 11.1. The van der Waals surface area contributed by atoms with E-state index in [1.807, 2.05) is 31.3 Å². The molecule has 2 heterocycles. The van der Waals surface area contributed by atoms with Gasteiger partial charge in [0.25, 0.3) is 0 Å². The van der Waals surface area contributed by atoms with E-state index in [0.717, 1.165) is 69.0 Å². The number of methoxy groups -OCH3 is 1. The molecule has 0 atom stereocenters. The molecule has 5 aromatic rings. The lowest BCUT2D eigenvalue weighted by Crippen LogP contribution is -2.08. The summed E-state index contributed by atoms with van der Waals surface area (Å²) in [5.74, 6) is 2.41. The molecule has 37 heavy (non-hydrogen) atoms. The predicted octanol–water partition coefficient (Wildman–Crippen LogP) is 6.86. The summed E-state index contributed by atoms with van der Waals surface area (Å²) in [5.41, 5.74) is 8.23. The number of benzene rings is 3. The van der Waals surface area contributed by atoms with Crippen LogP contribution in [0, 0.1) is 13.8 Å². The van der Waals surface area contributed by atoms with Crippen LogP contribution < -0.4 is 4.74 Å². The number of carbonyl (C=O) groups is 1. The van der Waals surface area contributed by atoms with Gasteiger partial charge in [-0.05, 0) is 55.2 Å². The molecule has 0 unspecified atom stereocenters. The molecule has 5 rings (SSSR count). The number of aromatic nitrogens is 4. The predicted molar refractivity (Wildman–Crippen MR) is 145 cm³/mol. The van der Waals surface area contributed by atoms with Crippen LogP contribution in [-0.4, -0.2) is 32.8 Å². The SMILES string of the molecule is CCCc1nc2c(C)cc(-c3nc(C)c[nH]3)cc2n1Cc1ccc(-c2ccccc2OC(=O)OC)cc1. The van der Waals surface area contributed by atoms with Crippen molar-refractivity contribution >= 4 is 17.2 Å². The largest absolute Gasteiger partial charge is 0.513 e. The number of ether oxygens (including phenoxy) is 2. The number of rotatable bonds is 7. The first-order valence-corrected chi connectivity index (χ1v) is 12.4. The van der Waals surface area contributed by atoms with Crippen LogP contribution >= 0.6 is 0 Å². The van der Waals surface area contributed by atoms with E-state index in [4.69, 9.17) is 9.72 Å². The van der Waals surface area contributed by atoms with Gasteiger partial charge in [0, 0.05) is 30.3 Å². The summed E-state index contributed by atoms with van der Waals surface area (Å²) >= 11 is 0. The minimum atomic E-state index is -0.737. The van der Waals surface area contributed by atoms with Gasteiger partial charge in [0.05, 0.1) is 23.8 Å². The van der Waals surface area contributed by atoms with Crippen LogP contribution in [0.4, 0.5) is 4.79 Å². The summed E-state index contributed by atoms with van der Waals surface area (Å²) < 4.78 is 12.3. The molecule has 1 N–H and O–H groups in total. The Morgan fingerprint density at radius 2 is 1.78 bits per heavy atom. The highest BCUT2D eigenvalue weighted by Gasteiger charge is 2.16. The van der Waals surface area contributed by atoms with Crippen molar-refractivity contribution in [2.24, 2.45) is 0 Å². The molecule has 7 heteroatoms. The van der Waals surface area contributed by atoms with Crippen LogP contribution in [0.3, 0.4) is 0 Å². The van der Waals surface area contributed by atoms with Crippen LogP contribution in [0.25, 0.3) is 33.5 Å². The van der Waals surface area contributed by atoms with E-state index >= 15 is 0 Å². The van der Waals surface area contributed by atoms with Crippen molar-refractivity contribution in [3.8, 4) is 28.3 Å². The van der Waals surface area contributed by atoms with E-state index in [0.29, 0.717) is 12.3 Å². The van der Waals surface area contributed by atoms with Gasteiger partial charge in [-0.25, -0.2) is 14.8 Å². The lowest BCUT2D eigenvalue weighted by Gasteiger charge is -2.12. The number of hydrogen-bond donors (Lipinski definition) is 1. The number of hydrogen-bond acceptors (Lipinski definition) is 5. The lowest BCUT2D eigenvalue weighted by molar-refractivity contribution is 0.121. The number of H-pyrrole nitrogens is 1. The van der Waals surface area contributed by atoms with E-state index < -0.39 is 6.16 Å². The number of carbonyl (C=O) groups excluding carboxylic acids is 1. The van der Waals surface area contributed by atoms with Crippen LogP contribution in [-0.2, 0) is 17.7 Å². The molecule has 188 valence electrons. The Balaban J connectivity index is 1.50. The molecule has 7 nitrogen and oxygen atoms in total. The fourth-order valence-corrected chi connectivity index (χ4v) is 4.63. The number of aryl methyl sites for hydroxylation is 3. The molecule has 0 spiro atoms. The van der Waals surface area contributed by atoms with Crippen molar-refractivity contribution in [2.75, 3.05) is 7.11 Å². The van der Waals surface area contributed by atoms with E-state index in [1.54, 1.807) is 6.07 Å². The summed E-state index contributed by atoms with van der Waals surface area (Å²) in [6, 6.07) is 20.1.